The molecule has 0 bridgehead atoms. The van der Waals surface area contributed by atoms with Crippen LogP contribution >= 0.6 is 0 Å². The van der Waals surface area contributed by atoms with Crippen LogP contribution in [0.4, 0.5) is 0 Å². The fourth-order valence-corrected chi connectivity index (χ4v) is 2.74. The van der Waals surface area contributed by atoms with Gasteiger partial charge in [-0.1, -0.05) is 31.3 Å². The van der Waals surface area contributed by atoms with Crippen molar-refractivity contribution in [1.29, 1.82) is 0 Å². The zero-order chi connectivity index (χ0) is 13.1. The van der Waals surface area contributed by atoms with Crippen molar-refractivity contribution in [3.63, 3.8) is 0 Å². The summed E-state index contributed by atoms with van der Waals surface area (Å²) in [5.41, 5.74) is 1.45. The third-order valence-electron chi connectivity index (χ3n) is 3.92. The van der Waals surface area contributed by atoms with Crippen molar-refractivity contribution in [3.05, 3.63) is 17.0 Å². The first kappa shape index (κ1) is 13.1. The van der Waals surface area contributed by atoms with Crippen LogP contribution in [0, 0.1) is 6.92 Å². The first-order valence-electron chi connectivity index (χ1n) is 6.87. The summed E-state index contributed by atoms with van der Waals surface area (Å²) in [6.07, 6.45) is 6.72. The molecule has 1 saturated carbocycles. The molecule has 1 amide bonds. The highest BCUT2D eigenvalue weighted by atomic mass is 16.5. The Hall–Kier alpha value is -1.32. The average molecular weight is 250 g/mol. The zero-order valence-electron chi connectivity index (χ0n) is 11.5. The van der Waals surface area contributed by atoms with Crippen LogP contribution in [0.3, 0.4) is 0 Å². The van der Waals surface area contributed by atoms with Gasteiger partial charge in [0.15, 0.2) is 0 Å². The Labute approximate surface area is 108 Å². The number of amides is 1. The molecule has 0 unspecified atom stereocenters. The summed E-state index contributed by atoms with van der Waals surface area (Å²) in [4.78, 5) is 14.4. The summed E-state index contributed by atoms with van der Waals surface area (Å²) >= 11 is 0. The Morgan fingerprint density at radius 1 is 1.39 bits per heavy atom. The summed E-state index contributed by atoms with van der Waals surface area (Å²) in [6, 6.07) is 0.380. The van der Waals surface area contributed by atoms with Crippen LogP contribution in [0.15, 0.2) is 4.52 Å². The maximum atomic E-state index is 12.5. The standard InChI is InChI=1S/C14H22N2O2/c1-4-12-13(10(2)18-15-12)14(17)16(3)11-8-6-5-7-9-11/h11H,4-9H2,1-3H3. The minimum Gasteiger partial charge on any atom is -0.361 e. The van der Waals surface area contributed by atoms with E-state index in [1.165, 1.54) is 19.3 Å². The quantitative estimate of drug-likeness (QED) is 0.828. The van der Waals surface area contributed by atoms with Gasteiger partial charge in [0.1, 0.15) is 11.3 Å². The van der Waals surface area contributed by atoms with E-state index in [1.54, 1.807) is 0 Å². The molecule has 1 aliphatic rings. The molecule has 0 atom stereocenters. The number of aromatic nitrogens is 1. The SMILES string of the molecule is CCc1noc(C)c1C(=O)N(C)C1CCCCC1. The highest BCUT2D eigenvalue weighted by Gasteiger charge is 2.27. The van der Waals surface area contributed by atoms with Crippen LogP contribution in [0.1, 0.15) is 60.8 Å². The average Bonchev–Trinajstić information content (AvgIpc) is 2.79. The third kappa shape index (κ3) is 2.42. The molecule has 1 aromatic heterocycles. The number of nitrogens with zero attached hydrogens (tertiary/aromatic N) is 2. The topological polar surface area (TPSA) is 46.3 Å². The molecule has 100 valence electrons. The number of hydrogen-bond acceptors (Lipinski definition) is 3. The van der Waals surface area contributed by atoms with E-state index in [1.807, 2.05) is 25.8 Å². The van der Waals surface area contributed by atoms with Crippen LogP contribution in [0.25, 0.3) is 0 Å². The molecule has 4 nitrogen and oxygen atoms in total. The van der Waals surface area contributed by atoms with E-state index in [-0.39, 0.29) is 5.91 Å². The lowest BCUT2D eigenvalue weighted by molar-refractivity contribution is 0.0693. The second-order valence-electron chi connectivity index (χ2n) is 5.12. The van der Waals surface area contributed by atoms with Crippen molar-refractivity contribution in [3.8, 4) is 0 Å². The van der Waals surface area contributed by atoms with Gasteiger partial charge in [0, 0.05) is 13.1 Å². The summed E-state index contributed by atoms with van der Waals surface area (Å²) < 4.78 is 5.15. The Morgan fingerprint density at radius 2 is 2.06 bits per heavy atom. The van der Waals surface area contributed by atoms with Gasteiger partial charge in [0.25, 0.3) is 5.91 Å². The molecule has 1 aromatic rings. The zero-order valence-corrected chi connectivity index (χ0v) is 11.5. The summed E-state index contributed by atoms with van der Waals surface area (Å²) in [6.45, 7) is 3.81. The van der Waals surface area contributed by atoms with Crippen molar-refractivity contribution in [2.75, 3.05) is 7.05 Å². The van der Waals surface area contributed by atoms with E-state index in [0.29, 0.717) is 17.4 Å². The van der Waals surface area contributed by atoms with Crippen molar-refractivity contribution in [2.24, 2.45) is 0 Å². The Bertz CT molecular complexity index is 419. The first-order valence-corrected chi connectivity index (χ1v) is 6.87. The molecule has 18 heavy (non-hydrogen) atoms. The highest BCUT2D eigenvalue weighted by molar-refractivity contribution is 5.96. The van der Waals surface area contributed by atoms with Gasteiger partial charge in [0.05, 0.1) is 5.69 Å². The minimum atomic E-state index is 0.0671. The first-order chi connectivity index (χ1) is 8.65. The summed E-state index contributed by atoms with van der Waals surface area (Å²) in [5, 5.41) is 3.96. The Kier molecular flexibility index (Phi) is 4.04. The van der Waals surface area contributed by atoms with E-state index in [2.05, 4.69) is 5.16 Å². The smallest absolute Gasteiger partial charge is 0.259 e. The second kappa shape index (κ2) is 5.55. The largest absolute Gasteiger partial charge is 0.361 e. The maximum absolute atomic E-state index is 12.5. The molecular formula is C14H22N2O2. The number of rotatable bonds is 3. The molecule has 2 rings (SSSR count). The van der Waals surface area contributed by atoms with Crippen molar-refractivity contribution in [1.82, 2.24) is 10.1 Å². The normalized spacial score (nSPS) is 16.8. The number of hydrogen-bond donors (Lipinski definition) is 0. The molecule has 0 aliphatic heterocycles. The second-order valence-corrected chi connectivity index (χ2v) is 5.12. The van der Waals surface area contributed by atoms with Gasteiger partial charge in [-0.15, -0.1) is 0 Å². The molecule has 0 saturated heterocycles. The molecule has 1 aliphatic carbocycles. The van der Waals surface area contributed by atoms with Gasteiger partial charge in [-0.05, 0) is 26.2 Å². The lowest BCUT2D eigenvalue weighted by Gasteiger charge is -2.31. The van der Waals surface area contributed by atoms with Crippen LogP contribution in [-0.4, -0.2) is 29.1 Å². The molecule has 1 fully saturated rings. The van der Waals surface area contributed by atoms with Crippen molar-refractivity contribution >= 4 is 5.91 Å². The van der Waals surface area contributed by atoms with E-state index >= 15 is 0 Å². The fourth-order valence-electron chi connectivity index (χ4n) is 2.74. The van der Waals surface area contributed by atoms with Crippen molar-refractivity contribution in [2.45, 2.75) is 58.4 Å². The minimum absolute atomic E-state index is 0.0671. The predicted octanol–water partition coefficient (Wildman–Crippen LogP) is 2.95. The van der Waals surface area contributed by atoms with Gasteiger partial charge in [-0.2, -0.15) is 0 Å². The van der Waals surface area contributed by atoms with Crippen LogP contribution in [-0.2, 0) is 6.42 Å². The number of aryl methyl sites for hydroxylation is 2. The molecular weight excluding hydrogens is 228 g/mol. The summed E-state index contributed by atoms with van der Waals surface area (Å²) in [5.74, 6) is 0.706. The number of carbonyl (C=O) groups excluding carboxylic acids is 1. The Balaban J connectivity index is 2.16. The summed E-state index contributed by atoms with van der Waals surface area (Å²) in [7, 11) is 1.91. The van der Waals surface area contributed by atoms with Gasteiger partial charge >= 0.3 is 0 Å². The van der Waals surface area contributed by atoms with E-state index in [0.717, 1.165) is 25.0 Å². The third-order valence-corrected chi connectivity index (χ3v) is 3.92. The van der Waals surface area contributed by atoms with Gasteiger partial charge in [0.2, 0.25) is 0 Å². The van der Waals surface area contributed by atoms with E-state index in [4.69, 9.17) is 4.52 Å². The highest BCUT2D eigenvalue weighted by Crippen LogP contribution is 2.24. The molecule has 0 spiro atoms. The molecule has 0 aromatic carbocycles. The molecule has 1 heterocycles. The number of carbonyl (C=O) groups is 1. The lowest BCUT2D eigenvalue weighted by Crippen LogP contribution is -2.38. The molecule has 0 N–H and O–H groups in total. The van der Waals surface area contributed by atoms with E-state index in [9.17, 15) is 4.79 Å². The van der Waals surface area contributed by atoms with Crippen molar-refractivity contribution < 1.29 is 9.32 Å². The predicted molar refractivity (Wildman–Crippen MR) is 69.6 cm³/mol. The fraction of sp³-hybridized carbons (Fsp3) is 0.714. The molecule has 4 heteroatoms. The van der Waals surface area contributed by atoms with Gasteiger partial charge in [-0.25, -0.2) is 0 Å². The Morgan fingerprint density at radius 3 is 2.67 bits per heavy atom. The van der Waals surface area contributed by atoms with Gasteiger partial charge < -0.3 is 9.42 Å². The van der Waals surface area contributed by atoms with Crippen LogP contribution in [0.2, 0.25) is 0 Å². The monoisotopic (exact) mass is 250 g/mol. The molecule has 0 radical (unpaired) electrons. The van der Waals surface area contributed by atoms with E-state index < -0.39 is 0 Å². The maximum Gasteiger partial charge on any atom is 0.259 e. The van der Waals surface area contributed by atoms with Gasteiger partial charge in [-0.3, -0.25) is 4.79 Å². The van der Waals surface area contributed by atoms with Crippen LogP contribution in [0.5, 0.6) is 0 Å². The van der Waals surface area contributed by atoms with Crippen LogP contribution < -0.4 is 0 Å². The lowest BCUT2D eigenvalue weighted by atomic mass is 9.94.